The number of carbonyl (C=O) groups is 3. The molecule has 0 aliphatic carbocycles. The maximum absolute atomic E-state index is 11.4. The standard InChI is InChI=1S/C9H5NO4.2H3N/c11-7-5-3-1-2-4-6(5)8(12)10(7)9(13)14;;/h1-4H,(H,13,14);2*1H3. The summed E-state index contributed by atoms with van der Waals surface area (Å²) < 4.78 is 0. The van der Waals surface area contributed by atoms with Crippen molar-refractivity contribution in [3.63, 3.8) is 0 Å². The number of fused-ring (bicyclic) bond motifs is 1. The molecule has 2 rings (SSSR count). The average molecular weight is 225 g/mol. The molecule has 16 heavy (non-hydrogen) atoms. The Balaban J connectivity index is 0.00000112. The van der Waals surface area contributed by atoms with Crippen LogP contribution in [0.3, 0.4) is 0 Å². The third kappa shape index (κ3) is 1.64. The lowest BCUT2D eigenvalue weighted by Gasteiger charge is -2.04. The van der Waals surface area contributed by atoms with Crippen LogP contribution in [0.2, 0.25) is 0 Å². The fraction of sp³-hybridized carbons (Fsp3) is 0. The Morgan fingerprint density at radius 1 is 1.00 bits per heavy atom. The summed E-state index contributed by atoms with van der Waals surface area (Å²) in [5.74, 6) is -1.56. The largest absolute Gasteiger partial charge is 0.464 e. The Bertz CT molecular complexity index is 423. The molecule has 0 aromatic heterocycles. The SMILES string of the molecule is N.N.O=C(O)N1C(=O)c2ccccc2C1=O. The first-order chi connectivity index (χ1) is 6.63. The molecule has 0 saturated carbocycles. The molecule has 0 radical (unpaired) electrons. The lowest BCUT2D eigenvalue weighted by atomic mass is 10.1. The molecule has 0 saturated heterocycles. The molecule has 0 fully saturated rings. The van der Waals surface area contributed by atoms with Gasteiger partial charge in [-0.1, -0.05) is 12.1 Å². The number of amides is 3. The lowest BCUT2D eigenvalue weighted by molar-refractivity contribution is 0.0651. The number of hydrogen-bond acceptors (Lipinski definition) is 5. The van der Waals surface area contributed by atoms with Gasteiger partial charge in [0.15, 0.2) is 0 Å². The first-order valence-corrected chi connectivity index (χ1v) is 3.83. The van der Waals surface area contributed by atoms with Crippen molar-refractivity contribution in [2.45, 2.75) is 0 Å². The van der Waals surface area contributed by atoms with Gasteiger partial charge in [-0.05, 0) is 12.1 Å². The summed E-state index contributed by atoms with van der Waals surface area (Å²) in [4.78, 5) is 33.5. The van der Waals surface area contributed by atoms with Gasteiger partial charge in [-0.3, -0.25) is 9.59 Å². The van der Waals surface area contributed by atoms with Crippen molar-refractivity contribution < 1.29 is 19.5 Å². The minimum Gasteiger partial charge on any atom is -0.464 e. The maximum atomic E-state index is 11.4. The molecular formula is C9H11N3O4. The zero-order chi connectivity index (χ0) is 10.3. The van der Waals surface area contributed by atoms with Crippen LogP contribution in [0.25, 0.3) is 0 Å². The second kappa shape index (κ2) is 4.51. The minimum atomic E-state index is -1.55. The normalized spacial score (nSPS) is 12.6. The number of hydrogen-bond donors (Lipinski definition) is 3. The second-order valence-corrected chi connectivity index (χ2v) is 2.77. The number of carbonyl (C=O) groups excluding carboxylic acids is 2. The first kappa shape index (κ1) is 13.8. The zero-order valence-corrected chi connectivity index (χ0v) is 8.34. The molecule has 1 aliphatic heterocycles. The van der Waals surface area contributed by atoms with Gasteiger partial charge in [0, 0.05) is 0 Å². The van der Waals surface area contributed by atoms with Crippen LogP contribution in [-0.2, 0) is 0 Å². The summed E-state index contributed by atoms with van der Waals surface area (Å²) >= 11 is 0. The molecular weight excluding hydrogens is 214 g/mol. The summed E-state index contributed by atoms with van der Waals surface area (Å²) in [5, 5.41) is 8.61. The molecule has 1 heterocycles. The molecule has 7 N–H and O–H groups in total. The molecule has 7 nitrogen and oxygen atoms in total. The van der Waals surface area contributed by atoms with Gasteiger partial charge in [0.05, 0.1) is 11.1 Å². The van der Waals surface area contributed by atoms with E-state index in [4.69, 9.17) is 5.11 Å². The van der Waals surface area contributed by atoms with E-state index in [9.17, 15) is 14.4 Å². The van der Waals surface area contributed by atoms with E-state index in [2.05, 4.69) is 0 Å². The van der Waals surface area contributed by atoms with E-state index < -0.39 is 17.9 Å². The average Bonchev–Trinajstić information content (AvgIpc) is 2.41. The Morgan fingerprint density at radius 2 is 1.38 bits per heavy atom. The van der Waals surface area contributed by atoms with E-state index in [1.54, 1.807) is 12.1 Å². The van der Waals surface area contributed by atoms with Gasteiger partial charge in [0.25, 0.3) is 11.8 Å². The zero-order valence-electron chi connectivity index (χ0n) is 8.34. The van der Waals surface area contributed by atoms with Gasteiger partial charge < -0.3 is 17.4 Å². The van der Waals surface area contributed by atoms with Crippen LogP contribution in [0.15, 0.2) is 24.3 Å². The van der Waals surface area contributed by atoms with Gasteiger partial charge in [-0.15, -0.1) is 0 Å². The molecule has 3 amide bonds. The van der Waals surface area contributed by atoms with Crippen molar-refractivity contribution in [3.05, 3.63) is 35.4 Å². The van der Waals surface area contributed by atoms with Crippen molar-refractivity contribution in [2.75, 3.05) is 0 Å². The van der Waals surface area contributed by atoms with E-state index in [-0.39, 0.29) is 28.3 Å². The van der Waals surface area contributed by atoms with Crippen LogP contribution < -0.4 is 12.3 Å². The molecule has 1 aromatic rings. The Labute approximate surface area is 90.8 Å². The molecule has 0 bridgehead atoms. The number of carboxylic acid groups (broad SMARTS) is 1. The van der Waals surface area contributed by atoms with Crippen LogP contribution in [0.4, 0.5) is 4.79 Å². The minimum absolute atomic E-state index is 0. The molecule has 0 spiro atoms. The predicted molar refractivity (Wildman–Crippen MR) is 55.0 cm³/mol. The lowest BCUT2D eigenvalue weighted by Crippen LogP contribution is -2.34. The van der Waals surface area contributed by atoms with Crippen LogP contribution in [-0.4, -0.2) is 27.9 Å². The molecule has 0 unspecified atom stereocenters. The highest BCUT2D eigenvalue weighted by Gasteiger charge is 2.39. The fourth-order valence-electron chi connectivity index (χ4n) is 1.36. The fourth-order valence-corrected chi connectivity index (χ4v) is 1.36. The highest BCUT2D eigenvalue weighted by Crippen LogP contribution is 2.21. The molecule has 0 atom stereocenters. The van der Waals surface area contributed by atoms with Crippen molar-refractivity contribution in [2.24, 2.45) is 0 Å². The number of nitrogens with zero attached hydrogens (tertiary/aromatic N) is 1. The van der Waals surface area contributed by atoms with E-state index in [1.165, 1.54) is 12.1 Å². The van der Waals surface area contributed by atoms with Crippen LogP contribution in [0.1, 0.15) is 20.7 Å². The summed E-state index contributed by atoms with van der Waals surface area (Å²) in [5.41, 5.74) is 0.278. The molecule has 1 aromatic carbocycles. The molecule has 86 valence electrons. The predicted octanol–water partition coefficient (Wildman–Crippen LogP) is 1.28. The van der Waals surface area contributed by atoms with Crippen molar-refractivity contribution >= 4 is 17.9 Å². The topological polar surface area (TPSA) is 145 Å². The smallest absolute Gasteiger partial charge is 0.421 e. The third-order valence-corrected chi connectivity index (χ3v) is 1.99. The van der Waals surface area contributed by atoms with Gasteiger partial charge in [0.2, 0.25) is 0 Å². The van der Waals surface area contributed by atoms with Crippen molar-refractivity contribution in [1.82, 2.24) is 17.2 Å². The van der Waals surface area contributed by atoms with Gasteiger partial charge >= 0.3 is 6.09 Å². The van der Waals surface area contributed by atoms with E-state index in [0.717, 1.165) is 0 Å². The second-order valence-electron chi connectivity index (χ2n) is 2.77. The Kier molecular flexibility index (Phi) is 3.88. The highest BCUT2D eigenvalue weighted by atomic mass is 16.4. The summed E-state index contributed by atoms with van der Waals surface area (Å²) in [6, 6.07) is 6.02. The molecule has 7 heteroatoms. The van der Waals surface area contributed by atoms with E-state index in [1.807, 2.05) is 0 Å². The maximum Gasteiger partial charge on any atom is 0.421 e. The van der Waals surface area contributed by atoms with E-state index in [0.29, 0.717) is 0 Å². The summed E-state index contributed by atoms with van der Waals surface area (Å²) in [6.07, 6.45) is -1.55. The number of imide groups is 3. The Hall–Kier alpha value is -2.25. The number of benzene rings is 1. The highest BCUT2D eigenvalue weighted by molar-refractivity contribution is 6.27. The van der Waals surface area contributed by atoms with Crippen molar-refractivity contribution in [1.29, 1.82) is 0 Å². The Morgan fingerprint density at radius 3 is 1.69 bits per heavy atom. The van der Waals surface area contributed by atoms with Crippen LogP contribution >= 0.6 is 0 Å². The first-order valence-electron chi connectivity index (χ1n) is 3.83. The quantitative estimate of drug-likeness (QED) is 0.567. The molecule has 1 aliphatic rings. The monoisotopic (exact) mass is 225 g/mol. The summed E-state index contributed by atoms with van der Waals surface area (Å²) in [7, 11) is 0. The third-order valence-electron chi connectivity index (χ3n) is 1.99. The van der Waals surface area contributed by atoms with E-state index >= 15 is 0 Å². The number of rotatable bonds is 0. The van der Waals surface area contributed by atoms with Crippen molar-refractivity contribution in [3.8, 4) is 0 Å². The van der Waals surface area contributed by atoms with Crippen LogP contribution in [0, 0.1) is 0 Å². The van der Waals surface area contributed by atoms with Gasteiger partial charge in [-0.2, -0.15) is 4.90 Å². The van der Waals surface area contributed by atoms with Gasteiger partial charge in [0.1, 0.15) is 0 Å². The van der Waals surface area contributed by atoms with Crippen LogP contribution in [0.5, 0.6) is 0 Å². The van der Waals surface area contributed by atoms with Gasteiger partial charge in [-0.25, -0.2) is 4.79 Å². The summed E-state index contributed by atoms with van der Waals surface area (Å²) in [6.45, 7) is 0.